The molecular formula is C22H27ClN4O2S. The van der Waals surface area contributed by atoms with Crippen LogP contribution in [0.25, 0.3) is 0 Å². The summed E-state index contributed by atoms with van der Waals surface area (Å²) in [5.41, 5.74) is 2.35. The Morgan fingerprint density at radius 3 is 2.43 bits per heavy atom. The number of piperidine rings is 1. The number of amides is 3. The van der Waals surface area contributed by atoms with Crippen molar-refractivity contribution in [1.29, 1.82) is 0 Å². The van der Waals surface area contributed by atoms with Crippen molar-refractivity contribution in [2.75, 3.05) is 49.5 Å². The van der Waals surface area contributed by atoms with E-state index in [0.29, 0.717) is 13.1 Å². The Morgan fingerprint density at radius 1 is 1.03 bits per heavy atom. The lowest BCUT2D eigenvalue weighted by molar-refractivity contribution is -0.137. The molecule has 2 aromatic rings. The number of urea groups is 1. The molecule has 2 aliphatic rings. The molecule has 2 aliphatic heterocycles. The van der Waals surface area contributed by atoms with E-state index in [9.17, 15) is 9.59 Å². The number of carbonyl (C=O) groups is 2. The molecule has 1 N–H and O–H groups in total. The van der Waals surface area contributed by atoms with Crippen LogP contribution in [0.4, 0.5) is 15.5 Å². The van der Waals surface area contributed by atoms with E-state index in [1.165, 1.54) is 16.9 Å². The molecule has 3 amide bonds. The topological polar surface area (TPSA) is 55.9 Å². The highest BCUT2D eigenvalue weighted by molar-refractivity contribution is 7.14. The molecule has 0 atom stereocenters. The minimum atomic E-state index is -0.0751. The lowest BCUT2D eigenvalue weighted by atomic mass is 9.95. The van der Waals surface area contributed by atoms with Crippen molar-refractivity contribution in [1.82, 2.24) is 9.80 Å². The van der Waals surface area contributed by atoms with Gasteiger partial charge in [-0.3, -0.25) is 10.1 Å². The van der Waals surface area contributed by atoms with E-state index in [-0.39, 0.29) is 17.9 Å². The summed E-state index contributed by atoms with van der Waals surface area (Å²) in [7, 11) is 0. The van der Waals surface area contributed by atoms with Crippen molar-refractivity contribution in [2.45, 2.75) is 19.8 Å². The Balaban J connectivity index is 1.26. The van der Waals surface area contributed by atoms with Gasteiger partial charge in [0, 0.05) is 55.9 Å². The van der Waals surface area contributed by atoms with Crippen LogP contribution in [0.15, 0.2) is 35.7 Å². The summed E-state index contributed by atoms with van der Waals surface area (Å²) in [6.07, 6.45) is 1.45. The van der Waals surface area contributed by atoms with Crippen LogP contribution in [-0.4, -0.2) is 61.0 Å². The van der Waals surface area contributed by atoms with Crippen LogP contribution >= 0.6 is 22.9 Å². The number of halogens is 1. The maximum Gasteiger partial charge on any atom is 0.322 e. The summed E-state index contributed by atoms with van der Waals surface area (Å²) < 4.78 is 0. The van der Waals surface area contributed by atoms with Gasteiger partial charge < -0.3 is 14.7 Å². The molecule has 0 aliphatic carbocycles. The SMILES string of the molecule is Cc1ccc(Cl)cc1N1CCN(C(=O)C2CCN(C(=O)Nc3cccs3)CC2)CC1. The number of likely N-dealkylation sites (tertiary alicyclic amines) is 1. The third kappa shape index (κ3) is 4.73. The Kier molecular flexibility index (Phi) is 6.49. The number of anilines is 2. The van der Waals surface area contributed by atoms with Gasteiger partial charge in [-0.25, -0.2) is 4.79 Å². The lowest BCUT2D eigenvalue weighted by Crippen LogP contribution is -2.52. The zero-order chi connectivity index (χ0) is 21.1. The first-order valence-electron chi connectivity index (χ1n) is 10.4. The standard InChI is InChI=1S/C22H27ClN4O2S/c1-16-4-5-18(23)15-19(16)25-10-12-26(13-11-25)21(28)17-6-8-27(9-7-17)22(29)24-20-3-2-14-30-20/h2-5,14-15,17H,6-13H2,1H3,(H,24,29). The number of aryl methyl sites for hydroxylation is 1. The van der Waals surface area contributed by atoms with E-state index in [2.05, 4.69) is 17.1 Å². The zero-order valence-corrected chi connectivity index (χ0v) is 18.7. The molecule has 6 nitrogen and oxygen atoms in total. The summed E-state index contributed by atoms with van der Waals surface area (Å²) in [6, 6.07) is 9.69. The fraction of sp³-hybridized carbons (Fsp3) is 0.455. The minimum absolute atomic E-state index is 0.00948. The monoisotopic (exact) mass is 446 g/mol. The van der Waals surface area contributed by atoms with E-state index >= 15 is 0 Å². The fourth-order valence-electron chi connectivity index (χ4n) is 4.21. The van der Waals surface area contributed by atoms with E-state index in [0.717, 1.165) is 54.7 Å². The summed E-state index contributed by atoms with van der Waals surface area (Å²) in [6.45, 7) is 6.41. The van der Waals surface area contributed by atoms with Crippen molar-refractivity contribution in [3.05, 3.63) is 46.3 Å². The Labute approximate surface area is 186 Å². The van der Waals surface area contributed by atoms with Gasteiger partial charge in [-0.05, 0) is 55.0 Å². The maximum atomic E-state index is 13.0. The molecule has 4 rings (SSSR count). The van der Waals surface area contributed by atoms with E-state index in [1.807, 2.05) is 45.5 Å². The molecule has 0 bridgehead atoms. The Morgan fingerprint density at radius 2 is 1.77 bits per heavy atom. The average Bonchev–Trinajstić information content (AvgIpc) is 3.28. The van der Waals surface area contributed by atoms with Gasteiger partial charge >= 0.3 is 6.03 Å². The Hall–Kier alpha value is -2.25. The van der Waals surface area contributed by atoms with Gasteiger partial charge in [-0.2, -0.15) is 0 Å². The number of hydrogen-bond acceptors (Lipinski definition) is 4. The van der Waals surface area contributed by atoms with Crippen LogP contribution in [0.2, 0.25) is 5.02 Å². The fourth-order valence-corrected chi connectivity index (χ4v) is 4.99. The van der Waals surface area contributed by atoms with Crippen LogP contribution in [0, 0.1) is 12.8 Å². The molecule has 0 radical (unpaired) electrons. The molecule has 0 saturated carbocycles. The third-order valence-corrected chi connectivity index (χ3v) is 7.01. The predicted molar refractivity (Wildman–Crippen MR) is 123 cm³/mol. The molecule has 0 unspecified atom stereocenters. The number of benzene rings is 1. The van der Waals surface area contributed by atoms with Gasteiger partial charge in [0.2, 0.25) is 5.91 Å². The van der Waals surface area contributed by atoms with Gasteiger partial charge in [0.25, 0.3) is 0 Å². The molecule has 1 aromatic heterocycles. The normalized spacial score (nSPS) is 17.9. The van der Waals surface area contributed by atoms with Crippen molar-refractivity contribution < 1.29 is 9.59 Å². The van der Waals surface area contributed by atoms with Crippen molar-refractivity contribution in [3.8, 4) is 0 Å². The number of rotatable bonds is 3. The molecule has 0 spiro atoms. The molecule has 160 valence electrons. The zero-order valence-electron chi connectivity index (χ0n) is 17.1. The van der Waals surface area contributed by atoms with E-state index in [4.69, 9.17) is 11.6 Å². The average molecular weight is 447 g/mol. The Bertz CT molecular complexity index is 889. The summed E-state index contributed by atoms with van der Waals surface area (Å²) in [4.78, 5) is 31.5. The molecule has 8 heteroatoms. The van der Waals surface area contributed by atoms with Crippen LogP contribution in [0.1, 0.15) is 18.4 Å². The largest absolute Gasteiger partial charge is 0.368 e. The number of hydrogen-bond donors (Lipinski definition) is 1. The summed E-state index contributed by atoms with van der Waals surface area (Å²) >= 11 is 7.68. The smallest absolute Gasteiger partial charge is 0.322 e. The quantitative estimate of drug-likeness (QED) is 0.764. The molecule has 3 heterocycles. The van der Waals surface area contributed by atoms with Gasteiger partial charge in [-0.1, -0.05) is 17.7 Å². The second-order valence-corrected chi connectivity index (χ2v) is 9.30. The van der Waals surface area contributed by atoms with Crippen LogP contribution in [0.5, 0.6) is 0 Å². The van der Waals surface area contributed by atoms with Gasteiger partial charge in [0.1, 0.15) is 0 Å². The second-order valence-electron chi connectivity index (χ2n) is 7.91. The molecule has 1 aromatic carbocycles. The second kappa shape index (κ2) is 9.27. The lowest BCUT2D eigenvalue weighted by Gasteiger charge is -2.39. The van der Waals surface area contributed by atoms with E-state index < -0.39 is 0 Å². The molecule has 2 fully saturated rings. The highest BCUT2D eigenvalue weighted by Crippen LogP contribution is 2.27. The number of nitrogens with zero attached hydrogens (tertiary/aromatic N) is 3. The first-order valence-corrected chi connectivity index (χ1v) is 11.7. The first kappa shape index (κ1) is 21.0. The highest BCUT2D eigenvalue weighted by atomic mass is 35.5. The van der Waals surface area contributed by atoms with Gasteiger partial charge in [-0.15, -0.1) is 11.3 Å². The summed E-state index contributed by atoms with van der Waals surface area (Å²) in [5, 5.41) is 6.45. The van der Waals surface area contributed by atoms with Crippen molar-refractivity contribution >= 4 is 45.6 Å². The number of piperazine rings is 1. The molecule has 30 heavy (non-hydrogen) atoms. The first-order chi connectivity index (χ1) is 14.5. The predicted octanol–water partition coefficient (Wildman–Crippen LogP) is 4.30. The number of thiophene rings is 1. The number of nitrogens with one attached hydrogen (secondary N) is 1. The molecule has 2 saturated heterocycles. The van der Waals surface area contributed by atoms with Crippen LogP contribution in [-0.2, 0) is 4.79 Å². The van der Waals surface area contributed by atoms with Crippen LogP contribution in [0.3, 0.4) is 0 Å². The number of carbonyl (C=O) groups excluding carboxylic acids is 2. The maximum absolute atomic E-state index is 13.0. The van der Waals surface area contributed by atoms with Crippen molar-refractivity contribution in [2.24, 2.45) is 5.92 Å². The van der Waals surface area contributed by atoms with Gasteiger partial charge in [0.05, 0.1) is 5.00 Å². The van der Waals surface area contributed by atoms with Crippen molar-refractivity contribution in [3.63, 3.8) is 0 Å². The van der Waals surface area contributed by atoms with Crippen LogP contribution < -0.4 is 10.2 Å². The van der Waals surface area contributed by atoms with Gasteiger partial charge in [0.15, 0.2) is 0 Å². The van der Waals surface area contributed by atoms with E-state index in [1.54, 1.807) is 0 Å². The third-order valence-electron chi connectivity index (χ3n) is 5.99. The highest BCUT2D eigenvalue weighted by Gasteiger charge is 2.32. The molecular weight excluding hydrogens is 420 g/mol. The summed E-state index contributed by atoms with van der Waals surface area (Å²) in [5.74, 6) is 0.242. The minimum Gasteiger partial charge on any atom is -0.368 e.